The van der Waals surface area contributed by atoms with E-state index in [4.69, 9.17) is 0 Å². The zero-order valence-electron chi connectivity index (χ0n) is 10.7. The first kappa shape index (κ1) is 13.7. The lowest BCUT2D eigenvalue weighted by Gasteiger charge is -2.05. The molecule has 1 amide bonds. The predicted molar refractivity (Wildman–Crippen MR) is 67.7 cm³/mol. The Balaban J connectivity index is 2.01. The average Bonchev–Trinajstić information content (AvgIpc) is 2.72. The van der Waals surface area contributed by atoms with Crippen LogP contribution in [0.4, 0.5) is 0 Å². The summed E-state index contributed by atoms with van der Waals surface area (Å²) < 4.78 is 1.87. The molecule has 0 aromatic carbocycles. The largest absolute Gasteiger partial charge is 0.356 e. The Morgan fingerprint density at radius 2 is 2.24 bits per heavy atom. The van der Waals surface area contributed by atoms with E-state index in [-0.39, 0.29) is 5.91 Å². The lowest BCUT2D eigenvalue weighted by molar-refractivity contribution is -0.120. The fourth-order valence-corrected chi connectivity index (χ4v) is 1.54. The molecule has 1 heterocycles. The second kappa shape index (κ2) is 7.84. The number of aromatic nitrogens is 2. The van der Waals surface area contributed by atoms with Gasteiger partial charge in [0.15, 0.2) is 0 Å². The van der Waals surface area contributed by atoms with E-state index in [0.717, 1.165) is 32.5 Å². The monoisotopic (exact) mass is 238 g/mol. The fraction of sp³-hybridized carbons (Fsp3) is 0.667. The highest BCUT2D eigenvalue weighted by molar-refractivity contribution is 5.75. The van der Waals surface area contributed by atoms with Gasteiger partial charge in [0.05, 0.1) is 0 Å². The maximum absolute atomic E-state index is 11.3. The summed E-state index contributed by atoms with van der Waals surface area (Å²) in [6.45, 7) is 4.42. The van der Waals surface area contributed by atoms with E-state index in [1.807, 2.05) is 24.7 Å². The van der Waals surface area contributed by atoms with Crippen LogP contribution in [0.5, 0.6) is 0 Å². The fourth-order valence-electron chi connectivity index (χ4n) is 1.54. The van der Waals surface area contributed by atoms with Crippen molar-refractivity contribution >= 4 is 5.91 Å². The predicted octanol–water partition coefficient (Wildman–Crippen LogP) is 0.469. The number of aryl methyl sites for hydroxylation is 1. The summed E-state index contributed by atoms with van der Waals surface area (Å²) in [5.41, 5.74) is 1.20. The van der Waals surface area contributed by atoms with Crippen molar-refractivity contribution in [2.75, 3.05) is 19.6 Å². The van der Waals surface area contributed by atoms with Gasteiger partial charge in [0, 0.05) is 51.4 Å². The number of amides is 1. The van der Waals surface area contributed by atoms with Crippen LogP contribution < -0.4 is 10.6 Å². The van der Waals surface area contributed by atoms with Crippen LogP contribution in [-0.4, -0.2) is 35.3 Å². The Labute approximate surface area is 103 Å². The third kappa shape index (κ3) is 5.49. The molecule has 1 aromatic rings. The van der Waals surface area contributed by atoms with Gasteiger partial charge >= 0.3 is 0 Å². The van der Waals surface area contributed by atoms with Crippen LogP contribution in [0.1, 0.15) is 25.5 Å². The topological polar surface area (TPSA) is 59.0 Å². The molecule has 17 heavy (non-hydrogen) atoms. The minimum atomic E-state index is 0.125. The number of carbonyl (C=O) groups excluding carboxylic acids is 1. The molecular formula is C12H22N4O. The van der Waals surface area contributed by atoms with Gasteiger partial charge in [-0.3, -0.25) is 9.48 Å². The zero-order valence-corrected chi connectivity index (χ0v) is 10.7. The molecule has 0 saturated carbocycles. The molecule has 0 atom stereocenters. The molecule has 1 rings (SSSR count). The molecule has 0 bridgehead atoms. The number of hydrogen-bond donors (Lipinski definition) is 2. The van der Waals surface area contributed by atoms with Gasteiger partial charge < -0.3 is 10.6 Å². The summed E-state index contributed by atoms with van der Waals surface area (Å²) in [7, 11) is 1.94. The first-order valence-corrected chi connectivity index (χ1v) is 6.18. The van der Waals surface area contributed by atoms with Crippen molar-refractivity contribution in [3.63, 3.8) is 0 Å². The smallest absolute Gasteiger partial charge is 0.221 e. The van der Waals surface area contributed by atoms with Crippen LogP contribution in [0.15, 0.2) is 12.3 Å². The quantitative estimate of drug-likeness (QED) is 0.647. The van der Waals surface area contributed by atoms with Crippen molar-refractivity contribution < 1.29 is 4.79 Å². The maximum atomic E-state index is 11.3. The number of hydrogen-bond acceptors (Lipinski definition) is 3. The van der Waals surface area contributed by atoms with Gasteiger partial charge in [-0.1, -0.05) is 6.92 Å². The summed E-state index contributed by atoms with van der Waals surface area (Å²) in [5, 5.41) is 10.2. The molecular weight excluding hydrogens is 216 g/mol. The van der Waals surface area contributed by atoms with E-state index in [1.165, 1.54) is 5.69 Å². The van der Waals surface area contributed by atoms with E-state index in [2.05, 4.69) is 15.7 Å². The van der Waals surface area contributed by atoms with Gasteiger partial charge in [-0.15, -0.1) is 0 Å². The highest BCUT2D eigenvalue weighted by Crippen LogP contribution is 1.95. The van der Waals surface area contributed by atoms with Crippen LogP contribution in [-0.2, 0) is 18.3 Å². The van der Waals surface area contributed by atoms with Gasteiger partial charge in [0.2, 0.25) is 5.91 Å². The molecule has 2 N–H and O–H groups in total. The minimum absolute atomic E-state index is 0.125. The Hall–Kier alpha value is -1.36. The first-order valence-electron chi connectivity index (χ1n) is 6.18. The van der Waals surface area contributed by atoms with Crippen molar-refractivity contribution in [2.24, 2.45) is 7.05 Å². The third-order valence-electron chi connectivity index (χ3n) is 2.58. The summed E-state index contributed by atoms with van der Waals surface area (Å²) in [5.74, 6) is 0.125. The standard InChI is InChI=1S/C12H22N4O/c1-3-7-14-12(17)6-9-13-8-4-11-5-10-15-16(11)2/h5,10,13H,3-4,6-9H2,1-2H3,(H,14,17). The second-order valence-corrected chi connectivity index (χ2v) is 4.05. The van der Waals surface area contributed by atoms with Gasteiger partial charge in [-0.05, 0) is 12.5 Å². The highest BCUT2D eigenvalue weighted by atomic mass is 16.1. The summed E-state index contributed by atoms with van der Waals surface area (Å²) in [6.07, 6.45) is 4.27. The SMILES string of the molecule is CCCNC(=O)CCNCCc1ccnn1C. The van der Waals surface area contributed by atoms with Crippen LogP contribution in [0, 0.1) is 0 Å². The average molecular weight is 238 g/mol. The zero-order chi connectivity index (χ0) is 12.5. The van der Waals surface area contributed by atoms with Crippen LogP contribution in [0.3, 0.4) is 0 Å². The summed E-state index contributed by atoms with van der Waals surface area (Å²) in [6, 6.07) is 2.01. The van der Waals surface area contributed by atoms with E-state index in [1.54, 1.807) is 6.20 Å². The van der Waals surface area contributed by atoms with Crippen molar-refractivity contribution in [2.45, 2.75) is 26.2 Å². The van der Waals surface area contributed by atoms with Crippen molar-refractivity contribution in [3.8, 4) is 0 Å². The van der Waals surface area contributed by atoms with Crippen LogP contribution >= 0.6 is 0 Å². The molecule has 96 valence electrons. The second-order valence-electron chi connectivity index (χ2n) is 4.05. The molecule has 0 aliphatic rings. The van der Waals surface area contributed by atoms with Gasteiger partial charge in [-0.2, -0.15) is 5.10 Å². The molecule has 0 aliphatic carbocycles. The van der Waals surface area contributed by atoms with E-state index in [0.29, 0.717) is 6.42 Å². The Kier molecular flexibility index (Phi) is 6.32. The van der Waals surface area contributed by atoms with Gasteiger partial charge in [-0.25, -0.2) is 0 Å². The van der Waals surface area contributed by atoms with Crippen LogP contribution in [0.25, 0.3) is 0 Å². The lowest BCUT2D eigenvalue weighted by Crippen LogP contribution is -2.29. The van der Waals surface area contributed by atoms with Crippen LogP contribution in [0.2, 0.25) is 0 Å². The molecule has 0 radical (unpaired) electrons. The molecule has 5 nitrogen and oxygen atoms in total. The number of rotatable bonds is 8. The van der Waals surface area contributed by atoms with E-state index < -0.39 is 0 Å². The summed E-state index contributed by atoms with van der Waals surface area (Å²) in [4.78, 5) is 11.3. The molecule has 1 aromatic heterocycles. The van der Waals surface area contributed by atoms with Crippen molar-refractivity contribution in [1.29, 1.82) is 0 Å². The van der Waals surface area contributed by atoms with Gasteiger partial charge in [0.1, 0.15) is 0 Å². The number of nitrogens with zero attached hydrogens (tertiary/aromatic N) is 2. The highest BCUT2D eigenvalue weighted by Gasteiger charge is 2.00. The van der Waals surface area contributed by atoms with Crippen molar-refractivity contribution in [3.05, 3.63) is 18.0 Å². The van der Waals surface area contributed by atoms with Crippen molar-refractivity contribution in [1.82, 2.24) is 20.4 Å². The van der Waals surface area contributed by atoms with E-state index >= 15 is 0 Å². The molecule has 0 saturated heterocycles. The lowest BCUT2D eigenvalue weighted by atomic mass is 10.3. The normalized spacial score (nSPS) is 10.5. The van der Waals surface area contributed by atoms with E-state index in [9.17, 15) is 4.79 Å². The summed E-state index contributed by atoms with van der Waals surface area (Å²) >= 11 is 0. The molecule has 0 unspecified atom stereocenters. The Morgan fingerprint density at radius 3 is 2.88 bits per heavy atom. The maximum Gasteiger partial charge on any atom is 0.221 e. The molecule has 0 aliphatic heterocycles. The molecule has 5 heteroatoms. The third-order valence-corrected chi connectivity index (χ3v) is 2.58. The molecule has 0 spiro atoms. The molecule has 0 fully saturated rings. The Bertz CT molecular complexity index is 335. The minimum Gasteiger partial charge on any atom is -0.356 e. The number of carbonyl (C=O) groups is 1. The van der Waals surface area contributed by atoms with Gasteiger partial charge in [0.25, 0.3) is 0 Å². The first-order chi connectivity index (χ1) is 8.24. The Morgan fingerprint density at radius 1 is 1.41 bits per heavy atom. The number of nitrogens with one attached hydrogen (secondary N) is 2.